The summed E-state index contributed by atoms with van der Waals surface area (Å²) >= 11 is 6.00. The van der Waals surface area contributed by atoms with Crippen molar-refractivity contribution in [2.24, 2.45) is 0 Å². The maximum absolute atomic E-state index is 13.1. The first kappa shape index (κ1) is 19.9. The van der Waals surface area contributed by atoms with Crippen molar-refractivity contribution in [1.82, 2.24) is 9.21 Å². The number of halogens is 1. The monoisotopic (exact) mass is 428 g/mol. The van der Waals surface area contributed by atoms with E-state index < -0.39 is 10.0 Å². The van der Waals surface area contributed by atoms with Gasteiger partial charge in [-0.1, -0.05) is 41.4 Å². The normalized spacial score (nSPS) is 15.6. The van der Waals surface area contributed by atoms with Crippen LogP contribution in [-0.4, -0.2) is 49.7 Å². The third-order valence-electron chi connectivity index (χ3n) is 5.20. The predicted octanol–water partition coefficient (Wildman–Crippen LogP) is 3.95. The minimum Gasteiger partial charge on any atom is -0.336 e. The molecule has 0 bridgehead atoms. The van der Waals surface area contributed by atoms with Crippen LogP contribution in [0.5, 0.6) is 0 Å². The summed E-state index contributed by atoms with van der Waals surface area (Å²) in [5.41, 5.74) is 1.66. The lowest BCUT2D eigenvalue weighted by atomic mass is 10.1. The standard InChI is InChI=1S/C22H21ClN2O3S/c1-16-3-2-4-19(13-16)22(26)24-9-11-25(12-10-24)29(27,28)21-8-6-17-14-20(23)7-5-18(17)15-21/h2-8,13-15H,9-12H2,1H3. The summed E-state index contributed by atoms with van der Waals surface area (Å²) in [6, 6.07) is 17.9. The Bertz CT molecular complexity index is 1190. The van der Waals surface area contributed by atoms with Gasteiger partial charge >= 0.3 is 0 Å². The van der Waals surface area contributed by atoms with Gasteiger partial charge in [-0.3, -0.25) is 4.79 Å². The number of piperazine rings is 1. The summed E-state index contributed by atoms with van der Waals surface area (Å²) in [6.45, 7) is 3.24. The van der Waals surface area contributed by atoms with Crippen molar-refractivity contribution in [3.8, 4) is 0 Å². The average molecular weight is 429 g/mol. The summed E-state index contributed by atoms with van der Waals surface area (Å²) in [5, 5.41) is 2.33. The van der Waals surface area contributed by atoms with Crippen molar-refractivity contribution in [3.63, 3.8) is 0 Å². The maximum atomic E-state index is 13.1. The van der Waals surface area contributed by atoms with Crippen molar-refractivity contribution in [1.29, 1.82) is 0 Å². The van der Waals surface area contributed by atoms with Crippen LogP contribution in [0.2, 0.25) is 5.02 Å². The van der Waals surface area contributed by atoms with E-state index in [0.29, 0.717) is 23.7 Å². The highest BCUT2D eigenvalue weighted by atomic mass is 35.5. The van der Waals surface area contributed by atoms with Crippen LogP contribution in [0.1, 0.15) is 15.9 Å². The number of benzene rings is 3. The Kier molecular flexibility index (Phi) is 5.34. The third-order valence-corrected chi connectivity index (χ3v) is 7.33. The van der Waals surface area contributed by atoms with Gasteiger partial charge in [0.2, 0.25) is 10.0 Å². The number of sulfonamides is 1. The minimum atomic E-state index is -3.62. The van der Waals surface area contributed by atoms with E-state index in [-0.39, 0.29) is 23.9 Å². The number of hydrogen-bond acceptors (Lipinski definition) is 3. The van der Waals surface area contributed by atoms with Gasteiger partial charge in [-0.15, -0.1) is 0 Å². The first-order valence-corrected chi connectivity index (χ1v) is 11.2. The Morgan fingerprint density at radius 1 is 0.897 bits per heavy atom. The van der Waals surface area contributed by atoms with Crippen molar-refractivity contribution in [2.45, 2.75) is 11.8 Å². The molecule has 0 radical (unpaired) electrons. The fraction of sp³-hybridized carbons (Fsp3) is 0.227. The molecule has 1 saturated heterocycles. The molecule has 1 aliphatic rings. The summed E-state index contributed by atoms with van der Waals surface area (Å²) in [5.74, 6) is -0.0617. The lowest BCUT2D eigenvalue weighted by molar-refractivity contribution is 0.0698. The van der Waals surface area contributed by atoms with E-state index in [4.69, 9.17) is 11.6 Å². The largest absolute Gasteiger partial charge is 0.336 e. The van der Waals surface area contributed by atoms with Gasteiger partial charge in [-0.25, -0.2) is 8.42 Å². The van der Waals surface area contributed by atoms with E-state index in [9.17, 15) is 13.2 Å². The van der Waals surface area contributed by atoms with Gasteiger partial charge in [0, 0.05) is 36.8 Å². The molecule has 0 aliphatic carbocycles. The molecular weight excluding hydrogens is 408 g/mol. The van der Waals surface area contributed by atoms with E-state index in [1.807, 2.05) is 37.3 Å². The molecule has 1 aliphatic heterocycles. The van der Waals surface area contributed by atoms with Gasteiger partial charge in [-0.05, 0) is 54.1 Å². The Morgan fingerprint density at radius 3 is 2.31 bits per heavy atom. The van der Waals surface area contributed by atoms with Crippen LogP contribution in [0.3, 0.4) is 0 Å². The van der Waals surface area contributed by atoms with E-state index in [1.165, 1.54) is 4.31 Å². The van der Waals surface area contributed by atoms with Crippen LogP contribution in [0.4, 0.5) is 0 Å². The van der Waals surface area contributed by atoms with Gasteiger partial charge in [0.15, 0.2) is 0 Å². The quantitative estimate of drug-likeness (QED) is 0.634. The predicted molar refractivity (Wildman–Crippen MR) is 115 cm³/mol. The van der Waals surface area contributed by atoms with Crippen LogP contribution in [0, 0.1) is 6.92 Å². The van der Waals surface area contributed by atoms with Gasteiger partial charge in [-0.2, -0.15) is 4.31 Å². The number of carbonyl (C=O) groups is 1. The summed E-state index contributed by atoms with van der Waals surface area (Å²) in [6.07, 6.45) is 0. The molecule has 0 atom stereocenters. The van der Waals surface area contributed by atoms with E-state index in [0.717, 1.165) is 16.3 Å². The topological polar surface area (TPSA) is 57.7 Å². The fourth-order valence-electron chi connectivity index (χ4n) is 3.60. The van der Waals surface area contributed by atoms with E-state index >= 15 is 0 Å². The molecule has 0 aromatic heterocycles. The molecule has 3 aromatic rings. The molecule has 0 N–H and O–H groups in total. The minimum absolute atomic E-state index is 0.0617. The Hall–Kier alpha value is -2.41. The highest BCUT2D eigenvalue weighted by Crippen LogP contribution is 2.25. The molecule has 3 aromatic carbocycles. The van der Waals surface area contributed by atoms with Crippen LogP contribution >= 0.6 is 11.6 Å². The smallest absolute Gasteiger partial charge is 0.253 e. The highest BCUT2D eigenvalue weighted by molar-refractivity contribution is 7.89. The van der Waals surface area contributed by atoms with Crippen LogP contribution in [-0.2, 0) is 10.0 Å². The first-order chi connectivity index (χ1) is 13.8. The molecule has 0 unspecified atom stereocenters. The number of carbonyl (C=O) groups excluding carboxylic acids is 1. The van der Waals surface area contributed by atoms with Crippen LogP contribution in [0.15, 0.2) is 65.6 Å². The lowest BCUT2D eigenvalue weighted by Crippen LogP contribution is -2.50. The molecule has 0 saturated carbocycles. The summed E-state index contributed by atoms with van der Waals surface area (Å²) < 4.78 is 27.6. The number of rotatable bonds is 3. The zero-order chi connectivity index (χ0) is 20.6. The maximum Gasteiger partial charge on any atom is 0.253 e. The molecule has 29 heavy (non-hydrogen) atoms. The number of amides is 1. The molecule has 1 amide bonds. The summed E-state index contributed by atoms with van der Waals surface area (Å²) in [4.78, 5) is 14.7. The van der Waals surface area contributed by atoms with Gasteiger partial charge in [0.05, 0.1) is 4.90 Å². The van der Waals surface area contributed by atoms with Crippen molar-refractivity contribution in [3.05, 3.63) is 76.8 Å². The second-order valence-corrected chi connectivity index (χ2v) is 9.59. The van der Waals surface area contributed by atoms with Crippen molar-refractivity contribution < 1.29 is 13.2 Å². The SMILES string of the molecule is Cc1cccc(C(=O)N2CCN(S(=O)(=O)c3ccc4cc(Cl)ccc4c3)CC2)c1. The lowest BCUT2D eigenvalue weighted by Gasteiger charge is -2.34. The van der Waals surface area contributed by atoms with E-state index in [2.05, 4.69) is 0 Å². The number of fused-ring (bicyclic) bond motifs is 1. The average Bonchev–Trinajstić information content (AvgIpc) is 2.73. The second kappa shape index (κ2) is 7.78. The zero-order valence-electron chi connectivity index (χ0n) is 16.0. The Balaban J connectivity index is 1.50. The zero-order valence-corrected chi connectivity index (χ0v) is 17.6. The second-order valence-electron chi connectivity index (χ2n) is 7.22. The van der Waals surface area contributed by atoms with E-state index in [1.54, 1.807) is 35.2 Å². The number of nitrogens with zero attached hydrogens (tertiary/aromatic N) is 2. The number of hydrogen-bond donors (Lipinski definition) is 0. The molecule has 1 fully saturated rings. The van der Waals surface area contributed by atoms with Crippen LogP contribution < -0.4 is 0 Å². The highest BCUT2D eigenvalue weighted by Gasteiger charge is 2.30. The fourth-order valence-corrected chi connectivity index (χ4v) is 5.24. The van der Waals surface area contributed by atoms with Gasteiger partial charge in [0.25, 0.3) is 5.91 Å². The molecule has 0 spiro atoms. The molecule has 1 heterocycles. The molecule has 5 nitrogen and oxygen atoms in total. The van der Waals surface area contributed by atoms with Gasteiger partial charge in [0.1, 0.15) is 0 Å². The molecule has 4 rings (SSSR count). The number of aryl methyl sites for hydroxylation is 1. The van der Waals surface area contributed by atoms with Crippen molar-refractivity contribution >= 4 is 38.3 Å². The first-order valence-electron chi connectivity index (χ1n) is 9.40. The molecular formula is C22H21ClN2O3S. The Labute approximate surface area is 175 Å². The van der Waals surface area contributed by atoms with Crippen molar-refractivity contribution in [2.75, 3.05) is 26.2 Å². The van der Waals surface area contributed by atoms with Gasteiger partial charge < -0.3 is 4.90 Å². The molecule has 7 heteroatoms. The third kappa shape index (κ3) is 4.01. The Morgan fingerprint density at radius 2 is 1.59 bits per heavy atom. The van der Waals surface area contributed by atoms with Crippen LogP contribution in [0.25, 0.3) is 10.8 Å². The molecule has 150 valence electrons. The summed E-state index contributed by atoms with van der Waals surface area (Å²) in [7, 11) is -3.62.